The van der Waals surface area contributed by atoms with Crippen molar-refractivity contribution in [1.82, 2.24) is 0 Å². The summed E-state index contributed by atoms with van der Waals surface area (Å²) in [5, 5.41) is 19.3. The summed E-state index contributed by atoms with van der Waals surface area (Å²) in [6.07, 6.45) is -1.17. The van der Waals surface area contributed by atoms with Crippen LogP contribution in [0.1, 0.15) is 18.1 Å². The molecule has 2 unspecified atom stereocenters. The number of aliphatic hydroxyl groups excluding tert-OH is 1. The maximum Gasteiger partial charge on any atom is 0.405 e. The van der Waals surface area contributed by atoms with Crippen LogP contribution < -0.4 is 0 Å². The second kappa shape index (κ2) is 4.04. The highest BCUT2D eigenvalue weighted by atomic mass is 32.3. The second-order valence-corrected chi connectivity index (χ2v) is 4.86. The van der Waals surface area contributed by atoms with E-state index in [2.05, 4.69) is 8.37 Å². The third kappa shape index (κ3) is 2.20. The van der Waals surface area contributed by atoms with Gasteiger partial charge < -0.3 is 10.2 Å². The Morgan fingerprint density at radius 3 is 2.35 bits per heavy atom. The molecule has 1 aromatic carbocycles. The normalized spacial score (nSPS) is 31.6. The molecule has 0 aromatic heterocycles. The summed E-state index contributed by atoms with van der Waals surface area (Å²) < 4.78 is 30.5. The van der Waals surface area contributed by atoms with Crippen LogP contribution in [-0.4, -0.2) is 24.9 Å². The Labute approximate surface area is 98.7 Å². The molecule has 17 heavy (non-hydrogen) atoms. The van der Waals surface area contributed by atoms with Crippen LogP contribution in [0.2, 0.25) is 0 Å². The SMILES string of the molecule is CCc1ccc(C2(O)OS(=O)(=O)OC2O)cc1. The highest BCUT2D eigenvalue weighted by Gasteiger charge is 2.53. The third-order valence-corrected chi connectivity index (χ3v) is 3.42. The Hall–Kier alpha value is -0.990. The summed E-state index contributed by atoms with van der Waals surface area (Å²) in [4.78, 5) is 0. The fraction of sp³-hybridized carbons (Fsp3) is 0.400. The van der Waals surface area contributed by atoms with Crippen molar-refractivity contribution in [1.29, 1.82) is 0 Å². The first-order chi connectivity index (χ1) is 7.87. The summed E-state index contributed by atoms with van der Waals surface area (Å²) >= 11 is 0. The topological polar surface area (TPSA) is 93.1 Å². The molecule has 1 saturated heterocycles. The fourth-order valence-corrected chi connectivity index (χ4v) is 2.45. The molecule has 0 spiro atoms. The van der Waals surface area contributed by atoms with Crippen molar-refractivity contribution < 1.29 is 27.0 Å². The Bertz CT molecular complexity index is 508. The lowest BCUT2D eigenvalue weighted by Crippen LogP contribution is -2.36. The molecule has 1 heterocycles. The summed E-state index contributed by atoms with van der Waals surface area (Å²) in [6, 6.07) is 6.36. The van der Waals surface area contributed by atoms with Gasteiger partial charge in [0.2, 0.25) is 6.29 Å². The third-order valence-electron chi connectivity index (χ3n) is 2.55. The summed E-state index contributed by atoms with van der Waals surface area (Å²) in [5.41, 5.74) is 1.12. The molecule has 1 fully saturated rings. The van der Waals surface area contributed by atoms with Crippen LogP contribution in [0.4, 0.5) is 0 Å². The molecule has 1 aliphatic rings. The molecule has 0 saturated carbocycles. The first-order valence-corrected chi connectivity index (χ1v) is 6.34. The van der Waals surface area contributed by atoms with E-state index < -0.39 is 22.5 Å². The minimum atomic E-state index is -4.37. The molecule has 2 rings (SSSR count). The van der Waals surface area contributed by atoms with Gasteiger partial charge >= 0.3 is 10.4 Å². The Balaban J connectivity index is 2.38. The van der Waals surface area contributed by atoms with Crippen LogP contribution in [-0.2, 0) is 31.0 Å². The zero-order valence-corrected chi connectivity index (χ0v) is 9.85. The van der Waals surface area contributed by atoms with Crippen LogP contribution in [0, 0.1) is 0 Å². The average Bonchev–Trinajstić information content (AvgIpc) is 2.48. The summed E-state index contributed by atoms with van der Waals surface area (Å²) in [7, 11) is -4.37. The molecule has 1 aromatic rings. The molecular formula is C10H12O6S. The minimum absolute atomic E-state index is 0.114. The van der Waals surface area contributed by atoms with Crippen molar-refractivity contribution in [2.75, 3.05) is 0 Å². The van der Waals surface area contributed by atoms with Crippen molar-refractivity contribution in [2.24, 2.45) is 0 Å². The first kappa shape index (κ1) is 12.5. The van der Waals surface area contributed by atoms with Crippen LogP contribution >= 0.6 is 0 Å². The zero-order valence-electron chi connectivity index (χ0n) is 9.03. The smallest absolute Gasteiger partial charge is 0.362 e. The van der Waals surface area contributed by atoms with E-state index in [1.807, 2.05) is 6.92 Å². The van der Waals surface area contributed by atoms with Crippen LogP contribution in [0.5, 0.6) is 0 Å². The van der Waals surface area contributed by atoms with E-state index in [9.17, 15) is 18.6 Å². The summed E-state index contributed by atoms with van der Waals surface area (Å²) in [6.45, 7) is 1.96. The van der Waals surface area contributed by atoms with Gasteiger partial charge in [-0.25, -0.2) is 8.37 Å². The molecule has 0 radical (unpaired) electrons. The number of aryl methyl sites for hydroxylation is 1. The van der Waals surface area contributed by atoms with Crippen molar-refractivity contribution in [3.8, 4) is 0 Å². The summed E-state index contributed by atoms with van der Waals surface area (Å²) in [5.74, 6) is -2.38. The van der Waals surface area contributed by atoms with E-state index in [4.69, 9.17) is 0 Å². The number of aliphatic hydroxyl groups is 2. The van der Waals surface area contributed by atoms with Crippen molar-refractivity contribution in [3.63, 3.8) is 0 Å². The molecule has 0 aliphatic carbocycles. The van der Waals surface area contributed by atoms with E-state index >= 15 is 0 Å². The van der Waals surface area contributed by atoms with E-state index in [-0.39, 0.29) is 5.56 Å². The minimum Gasteiger partial charge on any atom is -0.362 e. The Kier molecular flexibility index (Phi) is 2.96. The van der Waals surface area contributed by atoms with E-state index in [1.54, 1.807) is 12.1 Å². The van der Waals surface area contributed by atoms with Gasteiger partial charge in [0.1, 0.15) is 0 Å². The number of benzene rings is 1. The van der Waals surface area contributed by atoms with E-state index in [0.29, 0.717) is 0 Å². The van der Waals surface area contributed by atoms with Crippen LogP contribution in [0.3, 0.4) is 0 Å². The lowest BCUT2D eigenvalue weighted by atomic mass is 10.0. The Morgan fingerprint density at radius 2 is 1.94 bits per heavy atom. The lowest BCUT2D eigenvalue weighted by Gasteiger charge is -2.21. The van der Waals surface area contributed by atoms with Gasteiger partial charge in [0.25, 0.3) is 5.79 Å². The molecule has 0 amide bonds. The first-order valence-electron chi connectivity index (χ1n) is 5.01. The largest absolute Gasteiger partial charge is 0.405 e. The van der Waals surface area contributed by atoms with Gasteiger partial charge in [0.05, 0.1) is 0 Å². The van der Waals surface area contributed by atoms with Gasteiger partial charge in [-0.2, -0.15) is 8.42 Å². The van der Waals surface area contributed by atoms with Crippen LogP contribution in [0.15, 0.2) is 24.3 Å². The van der Waals surface area contributed by atoms with Crippen molar-refractivity contribution in [3.05, 3.63) is 35.4 Å². The van der Waals surface area contributed by atoms with E-state index in [0.717, 1.165) is 12.0 Å². The van der Waals surface area contributed by atoms with Crippen molar-refractivity contribution >= 4 is 10.4 Å². The molecule has 1 aliphatic heterocycles. The fourth-order valence-electron chi connectivity index (χ4n) is 1.56. The maximum absolute atomic E-state index is 11.0. The maximum atomic E-state index is 11.0. The average molecular weight is 260 g/mol. The predicted octanol–water partition coefficient (Wildman–Crippen LogP) is 0.00410. The molecule has 94 valence electrons. The number of hydrogen-bond acceptors (Lipinski definition) is 6. The second-order valence-electron chi connectivity index (χ2n) is 3.69. The molecule has 2 atom stereocenters. The predicted molar refractivity (Wildman–Crippen MR) is 56.8 cm³/mol. The molecule has 6 nitrogen and oxygen atoms in total. The monoisotopic (exact) mass is 260 g/mol. The van der Waals surface area contributed by atoms with E-state index in [1.165, 1.54) is 12.1 Å². The van der Waals surface area contributed by atoms with Gasteiger partial charge in [-0.3, -0.25) is 0 Å². The highest BCUT2D eigenvalue weighted by Crippen LogP contribution is 2.36. The van der Waals surface area contributed by atoms with Gasteiger partial charge in [-0.1, -0.05) is 31.2 Å². The highest BCUT2D eigenvalue weighted by molar-refractivity contribution is 7.82. The van der Waals surface area contributed by atoms with Gasteiger partial charge in [-0.15, -0.1) is 0 Å². The van der Waals surface area contributed by atoms with Crippen LogP contribution in [0.25, 0.3) is 0 Å². The van der Waals surface area contributed by atoms with Gasteiger partial charge in [0.15, 0.2) is 0 Å². The van der Waals surface area contributed by atoms with Crippen molar-refractivity contribution in [2.45, 2.75) is 25.4 Å². The number of rotatable bonds is 2. The van der Waals surface area contributed by atoms with Gasteiger partial charge in [0, 0.05) is 5.56 Å². The molecular weight excluding hydrogens is 248 g/mol. The Morgan fingerprint density at radius 1 is 1.35 bits per heavy atom. The molecule has 0 bridgehead atoms. The zero-order chi connectivity index (χ0) is 12.7. The standard InChI is InChI=1S/C10H12O6S/c1-2-7-3-5-8(6-4-7)10(12)9(11)15-17(13,14)16-10/h3-6,9,11-12H,2H2,1H3. The van der Waals surface area contributed by atoms with Gasteiger partial charge in [-0.05, 0) is 12.0 Å². The lowest BCUT2D eigenvalue weighted by molar-refractivity contribution is -0.231. The quantitative estimate of drug-likeness (QED) is 0.777. The molecule has 2 N–H and O–H groups in total. The number of hydrogen-bond donors (Lipinski definition) is 2. The molecule has 7 heteroatoms.